The molecule has 0 saturated carbocycles. The molecular formula is C17H14N3O2S-. The van der Waals surface area contributed by atoms with Crippen molar-refractivity contribution < 1.29 is 9.90 Å². The molecule has 0 aliphatic rings. The van der Waals surface area contributed by atoms with Gasteiger partial charge >= 0.3 is 0 Å². The molecule has 2 aromatic carbocycles. The lowest BCUT2D eigenvalue weighted by molar-refractivity contribution is -0.255. The summed E-state index contributed by atoms with van der Waals surface area (Å²) >= 11 is 1.28. The third-order valence-electron chi connectivity index (χ3n) is 3.36. The van der Waals surface area contributed by atoms with Crippen molar-refractivity contribution in [3.63, 3.8) is 0 Å². The third-order valence-corrected chi connectivity index (χ3v) is 4.64. The number of rotatable bonds is 4. The van der Waals surface area contributed by atoms with E-state index in [9.17, 15) is 9.90 Å². The molecule has 1 aromatic heterocycles. The highest BCUT2D eigenvalue weighted by Crippen LogP contribution is 2.37. The van der Waals surface area contributed by atoms with Crippen LogP contribution in [0.4, 0.5) is 5.82 Å². The Morgan fingerprint density at radius 3 is 2.48 bits per heavy atom. The van der Waals surface area contributed by atoms with Gasteiger partial charge in [0.05, 0.1) is 22.2 Å². The summed E-state index contributed by atoms with van der Waals surface area (Å²) < 4.78 is 1.65. The van der Waals surface area contributed by atoms with E-state index in [0.717, 1.165) is 16.3 Å². The number of aromatic carboxylic acids is 1. The number of carboxylic acid groups (broad SMARTS) is 1. The van der Waals surface area contributed by atoms with Crippen molar-refractivity contribution in [3.8, 4) is 5.69 Å². The standard InChI is InChI=1S/C17H15N3O2S/c1-11-15(23-14-10-6-5-9-13(14)17(21)22)16(18)20(19-11)12-7-3-2-4-8-12/h2-10H,18H2,1H3,(H,21,22)/p-1. The van der Waals surface area contributed by atoms with Crippen molar-refractivity contribution in [3.05, 3.63) is 65.9 Å². The van der Waals surface area contributed by atoms with E-state index in [1.165, 1.54) is 17.8 Å². The molecule has 0 aliphatic heterocycles. The number of nitrogens with two attached hydrogens (primary N) is 1. The minimum Gasteiger partial charge on any atom is -0.545 e. The lowest BCUT2D eigenvalue weighted by Gasteiger charge is -2.10. The smallest absolute Gasteiger partial charge is 0.141 e. The Kier molecular flexibility index (Phi) is 4.08. The molecule has 0 aliphatic carbocycles. The lowest BCUT2D eigenvalue weighted by atomic mass is 10.2. The Morgan fingerprint density at radius 1 is 1.13 bits per heavy atom. The van der Waals surface area contributed by atoms with Gasteiger partial charge in [0.1, 0.15) is 5.82 Å². The zero-order valence-electron chi connectivity index (χ0n) is 12.4. The van der Waals surface area contributed by atoms with Crippen molar-refractivity contribution in [2.45, 2.75) is 16.7 Å². The Balaban J connectivity index is 2.03. The van der Waals surface area contributed by atoms with Gasteiger partial charge < -0.3 is 15.6 Å². The van der Waals surface area contributed by atoms with Crippen LogP contribution in [0.1, 0.15) is 16.1 Å². The molecule has 0 unspecified atom stereocenters. The fraction of sp³-hybridized carbons (Fsp3) is 0.0588. The monoisotopic (exact) mass is 324 g/mol. The van der Waals surface area contributed by atoms with E-state index in [1.54, 1.807) is 22.9 Å². The maximum atomic E-state index is 11.2. The molecule has 0 radical (unpaired) electrons. The van der Waals surface area contributed by atoms with Gasteiger partial charge in [-0.25, -0.2) is 4.68 Å². The van der Waals surface area contributed by atoms with Crippen LogP contribution >= 0.6 is 11.8 Å². The first-order chi connectivity index (χ1) is 11.1. The number of anilines is 1. The summed E-state index contributed by atoms with van der Waals surface area (Å²) in [5, 5.41) is 15.7. The molecule has 3 rings (SSSR count). The predicted molar refractivity (Wildman–Crippen MR) is 87.6 cm³/mol. The number of aromatic nitrogens is 2. The van der Waals surface area contributed by atoms with Crippen LogP contribution in [-0.4, -0.2) is 15.7 Å². The minimum atomic E-state index is -1.21. The topological polar surface area (TPSA) is 84.0 Å². The molecule has 0 saturated heterocycles. The van der Waals surface area contributed by atoms with Crippen LogP contribution in [-0.2, 0) is 0 Å². The van der Waals surface area contributed by atoms with E-state index in [4.69, 9.17) is 5.73 Å². The molecule has 0 atom stereocenters. The number of hydrogen-bond donors (Lipinski definition) is 1. The van der Waals surface area contributed by atoms with Crippen LogP contribution in [0.2, 0.25) is 0 Å². The number of aryl methyl sites for hydroxylation is 1. The van der Waals surface area contributed by atoms with Crippen LogP contribution in [0, 0.1) is 6.92 Å². The minimum absolute atomic E-state index is 0.142. The van der Waals surface area contributed by atoms with Gasteiger partial charge in [-0.05, 0) is 25.1 Å². The molecule has 0 spiro atoms. The number of hydrogen-bond acceptors (Lipinski definition) is 5. The van der Waals surface area contributed by atoms with E-state index in [-0.39, 0.29) is 5.56 Å². The summed E-state index contributed by atoms with van der Waals surface area (Å²) in [6.07, 6.45) is 0. The summed E-state index contributed by atoms with van der Waals surface area (Å²) in [4.78, 5) is 12.5. The molecule has 0 bridgehead atoms. The van der Waals surface area contributed by atoms with Gasteiger partial charge in [-0.2, -0.15) is 5.10 Å². The van der Waals surface area contributed by atoms with Gasteiger partial charge in [0.25, 0.3) is 0 Å². The normalized spacial score (nSPS) is 10.7. The number of nitrogens with zero attached hydrogens (tertiary/aromatic N) is 2. The lowest BCUT2D eigenvalue weighted by Crippen LogP contribution is -2.22. The zero-order chi connectivity index (χ0) is 16.4. The Morgan fingerprint density at radius 2 is 1.78 bits per heavy atom. The molecule has 116 valence electrons. The largest absolute Gasteiger partial charge is 0.545 e. The highest BCUT2D eigenvalue weighted by atomic mass is 32.2. The summed E-state index contributed by atoms with van der Waals surface area (Å²) in [5.74, 6) is -0.730. The summed E-state index contributed by atoms with van der Waals surface area (Å²) in [5.41, 5.74) is 7.96. The predicted octanol–water partition coefficient (Wildman–Crippen LogP) is 2.28. The van der Waals surface area contributed by atoms with Crippen molar-refractivity contribution in [1.29, 1.82) is 0 Å². The van der Waals surface area contributed by atoms with Gasteiger partial charge in [-0.15, -0.1) is 0 Å². The van der Waals surface area contributed by atoms with Gasteiger partial charge in [-0.1, -0.05) is 48.2 Å². The summed E-state index contributed by atoms with van der Waals surface area (Å²) in [6.45, 7) is 1.85. The van der Waals surface area contributed by atoms with Gasteiger partial charge in [-0.3, -0.25) is 0 Å². The molecule has 0 amide bonds. The van der Waals surface area contributed by atoms with Crippen LogP contribution in [0.3, 0.4) is 0 Å². The van der Waals surface area contributed by atoms with E-state index in [1.807, 2.05) is 37.3 Å². The fourth-order valence-corrected chi connectivity index (χ4v) is 3.26. The molecular weight excluding hydrogens is 310 g/mol. The number of carbonyl (C=O) groups excluding carboxylic acids is 1. The van der Waals surface area contributed by atoms with Gasteiger partial charge in [0.15, 0.2) is 0 Å². The van der Waals surface area contributed by atoms with E-state index in [0.29, 0.717) is 10.7 Å². The first-order valence-corrected chi connectivity index (χ1v) is 7.78. The zero-order valence-corrected chi connectivity index (χ0v) is 13.2. The summed E-state index contributed by atoms with van der Waals surface area (Å²) in [6, 6.07) is 16.2. The molecule has 0 fully saturated rings. The average Bonchev–Trinajstić information content (AvgIpc) is 2.84. The first kappa shape index (κ1) is 15.2. The Hall–Kier alpha value is -2.73. The fourth-order valence-electron chi connectivity index (χ4n) is 2.26. The van der Waals surface area contributed by atoms with Gasteiger partial charge in [0, 0.05) is 10.5 Å². The van der Waals surface area contributed by atoms with Crippen LogP contribution in [0.15, 0.2) is 64.4 Å². The van der Waals surface area contributed by atoms with Crippen LogP contribution < -0.4 is 10.8 Å². The Labute approximate surface area is 137 Å². The molecule has 2 N–H and O–H groups in total. The van der Waals surface area contributed by atoms with Crippen molar-refractivity contribution in [2.24, 2.45) is 0 Å². The van der Waals surface area contributed by atoms with E-state index in [2.05, 4.69) is 5.10 Å². The van der Waals surface area contributed by atoms with Crippen molar-refractivity contribution in [2.75, 3.05) is 5.73 Å². The number of carboxylic acids is 1. The second-order valence-electron chi connectivity index (χ2n) is 4.93. The maximum Gasteiger partial charge on any atom is 0.141 e. The van der Waals surface area contributed by atoms with E-state index < -0.39 is 5.97 Å². The van der Waals surface area contributed by atoms with Crippen LogP contribution in [0.5, 0.6) is 0 Å². The second kappa shape index (κ2) is 6.18. The van der Waals surface area contributed by atoms with Gasteiger partial charge in [0.2, 0.25) is 0 Å². The molecule has 5 nitrogen and oxygen atoms in total. The highest BCUT2D eigenvalue weighted by Gasteiger charge is 2.16. The maximum absolute atomic E-state index is 11.2. The number of carbonyl (C=O) groups is 1. The number of nitrogen functional groups attached to an aromatic ring is 1. The molecule has 3 aromatic rings. The third kappa shape index (κ3) is 2.93. The number of benzene rings is 2. The average molecular weight is 324 g/mol. The highest BCUT2D eigenvalue weighted by molar-refractivity contribution is 7.99. The van der Waals surface area contributed by atoms with E-state index >= 15 is 0 Å². The Bertz CT molecular complexity index is 860. The number of para-hydroxylation sites is 1. The first-order valence-electron chi connectivity index (χ1n) is 6.96. The van der Waals surface area contributed by atoms with Crippen molar-refractivity contribution in [1.82, 2.24) is 9.78 Å². The molecule has 23 heavy (non-hydrogen) atoms. The molecule has 6 heteroatoms. The molecule has 1 heterocycles. The summed E-state index contributed by atoms with van der Waals surface area (Å²) in [7, 11) is 0. The second-order valence-corrected chi connectivity index (χ2v) is 5.99. The SMILES string of the molecule is Cc1nn(-c2ccccc2)c(N)c1Sc1ccccc1C(=O)[O-]. The van der Waals surface area contributed by atoms with Crippen LogP contribution in [0.25, 0.3) is 5.69 Å². The van der Waals surface area contributed by atoms with Crippen molar-refractivity contribution >= 4 is 23.5 Å². The quantitative estimate of drug-likeness (QED) is 0.796.